The number of nitro benzene ring substituents is 1. The second kappa shape index (κ2) is 6.12. The number of hydrogen-bond acceptors (Lipinski definition) is 4. The van der Waals surface area contributed by atoms with Crippen molar-refractivity contribution >= 4 is 33.2 Å². The van der Waals surface area contributed by atoms with Crippen LogP contribution in [0.25, 0.3) is 5.69 Å². The molecule has 0 unspecified atom stereocenters. The number of rotatable bonds is 5. The topological polar surface area (TPSA) is 73.8 Å². The van der Waals surface area contributed by atoms with Crippen molar-refractivity contribution in [3.05, 3.63) is 44.7 Å². The number of aromatic nitrogens is 3. The van der Waals surface area contributed by atoms with E-state index >= 15 is 0 Å². The van der Waals surface area contributed by atoms with Crippen molar-refractivity contribution in [2.75, 3.05) is 5.88 Å². The zero-order chi connectivity index (χ0) is 13.8. The van der Waals surface area contributed by atoms with E-state index in [4.69, 9.17) is 11.6 Å². The zero-order valence-corrected chi connectivity index (χ0v) is 12.1. The van der Waals surface area contributed by atoms with Crippen LogP contribution in [0.2, 0.25) is 0 Å². The fourth-order valence-electron chi connectivity index (χ4n) is 1.57. The molecule has 0 N–H and O–H groups in total. The maximum absolute atomic E-state index is 10.7. The van der Waals surface area contributed by atoms with Crippen molar-refractivity contribution in [3.63, 3.8) is 0 Å². The highest BCUT2D eigenvalue weighted by Crippen LogP contribution is 2.26. The SMILES string of the molecule is O=[N+]([O-])c1ccc(-n2cc(CCCCl)nn2)cc1Br. The Morgan fingerprint density at radius 2 is 2.26 bits per heavy atom. The van der Waals surface area contributed by atoms with Crippen molar-refractivity contribution in [2.24, 2.45) is 0 Å². The van der Waals surface area contributed by atoms with Crippen LogP contribution in [0.15, 0.2) is 28.9 Å². The third-order valence-electron chi connectivity index (χ3n) is 2.50. The molecule has 0 saturated carbocycles. The van der Waals surface area contributed by atoms with Gasteiger partial charge >= 0.3 is 0 Å². The largest absolute Gasteiger partial charge is 0.283 e. The molecule has 0 aliphatic rings. The first-order chi connectivity index (χ1) is 9.11. The van der Waals surface area contributed by atoms with Crippen LogP contribution in [0.4, 0.5) is 5.69 Å². The number of alkyl halides is 1. The highest BCUT2D eigenvalue weighted by Gasteiger charge is 2.13. The lowest BCUT2D eigenvalue weighted by atomic mass is 10.2. The van der Waals surface area contributed by atoms with Gasteiger partial charge < -0.3 is 0 Å². The van der Waals surface area contributed by atoms with E-state index in [1.807, 2.05) is 0 Å². The van der Waals surface area contributed by atoms with Crippen LogP contribution in [-0.2, 0) is 6.42 Å². The van der Waals surface area contributed by atoms with Crippen LogP contribution in [0.5, 0.6) is 0 Å². The first-order valence-corrected chi connectivity index (χ1v) is 6.86. The van der Waals surface area contributed by atoms with Crippen molar-refractivity contribution < 1.29 is 4.92 Å². The van der Waals surface area contributed by atoms with Gasteiger partial charge in [0, 0.05) is 11.9 Å². The molecule has 100 valence electrons. The fourth-order valence-corrected chi connectivity index (χ4v) is 2.22. The highest BCUT2D eigenvalue weighted by atomic mass is 79.9. The van der Waals surface area contributed by atoms with Crippen molar-refractivity contribution in [1.82, 2.24) is 15.0 Å². The van der Waals surface area contributed by atoms with Gasteiger partial charge in [-0.3, -0.25) is 10.1 Å². The molecule has 1 aromatic heterocycles. The Balaban J connectivity index is 2.24. The summed E-state index contributed by atoms with van der Waals surface area (Å²) in [7, 11) is 0. The number of benzene rings is 1. The Morgan fingerprint density at radius 1 is 1.47 bits per heavy atom. The Bertz CT molecular complexity index is 602. The molecule has 0 fully saturated rings. The molecule has 6 nitrogen and oxygen atoms in total. The summed E-state index contributed by atoms with van der Waals surface area (Å²) >= 11 is 8.79. The Morgan fingerprint density at radius 3 is 2.89 bits per heavy atom. The van der Waals surface area contributed by atoms with Gasteiger partial charge in [0.25, 0.3) is 5.69 Å². The lowest BCUT2D eigenvalue weighted by Gasteiger charge is -2.01. The molecule has 2 rings (SSSR count). The first kappa shape index (κ1) is 14.0. The van der Waals surface area contributed by atoms with Gasteiger partial charge in [-0.2, -0.15) is 0 Å². The molecular formula is C11H10BrClN4O2. The number of nitro groups is 1. The molecule has 8 heteroatoms. The van der Waals surface area contributed by atoms with Crippen molar-refractivity contribution in [1.29, 1.82) is 0 Å². The summed E-state index contributed by atoms with van der Waals surface area (Å²) < 4.78 is 1.99. The van der Waals surface area contributed by atoms with E-state index < -0.39 is 4.92 Å². The van der Waals surface area contributed by atoms with Gasteiger partial charge in [-0.05, 0) is 40.9 Å². The molecule has 0 spiro atoms. The van der Waals surface area contributed by atoms with Gasteiger partial charge in [0.05, 0.1) is 27.0 Å². The second-order valence-electron chi connectivity index (χ2n) is 3.84. The molecule has 0 saturated heterocycles. The predicted molar refractivity (Wildman–Crippen MR) is 74.8 cm³/mol. The summed E-state index contributed by atoms with van der Waals surface area (Å²) in [6.45, 7) is 0. The molecule has 0 bridgehead atoms. The van der Waals surface area contributed by atoms with Crippen molar-refractivity contribution in [3.8, 4) is 5.69 Å². The van der Waals surface area contributed by atoms with E-state index in [1.54, 1.807) is 23.0 Å². The van der Waals surface area contributed by atoms with Crippen LogP contribution < -0.4 is 0 Å². The third-order valence-corrected chi connectivity index (χ3v) is 3.40. The lowest BCUT2D eigenvalue weighted by Crippen LogP contribution is -1.96. The van der Waals surface area contributed by atoms with E-state index in [1.165, 1.54) is 6.07 Å². The van der Waals surface area contributed by atoms with Crippen LogP contribution >= 0.6 is 27.5 Å². The Kier molecular flexibility index (Phi) is 4.49. The summed E-state index contributed by atoms with van der Waals surface area (Å²) in [5.74, 6) is 0.579. The monoisotopic (exact) mass is 344 g/mol. The second-order valence-corrected chi connectivity index (χ2v) is 5.07. The average Bonchev–Trinajstić information content (AvgIpc) is 2.84. The van der Waals surface area contributed by atoms with E-state index in [0.717, 1.165) is 18.5 Å². The molecule has 19 heavy (non-hydrogen) atoms. The van der Waals surface area contributed by atoms with Gasteiger partial charge in [-0.25, -0.2) is 4.68 Å². The van der Waals surface area contributed by atoms with Crippen LogP contribution in [-0.4, -0.2) is 25.8 Å². The minimum Gasteiger partial charge on any atom is -0.258 e. The quantitative estimate of drug-likeness (QED) is 0.474. The fraction of sp³-hybridized carbons (Fsp3) is 0.273. The van der Waals surface area contributed by atoms with E-state index in [9.17, 15) is 10.1 Å². The van der Waals surface area contributed by atoms with Crippen LogP contribution in [0.1, 0.15) is 12.1 Å². The standard InChI is InChI=1S/C11H10BrClN4O2/c12-10-6-9(3-4-11(10)17(18)19)16-7-8(14-15-16)2-1-5-13/h3-4,6-7H,1-2,5H2. The third kappa shape index (κ3) is 3.30. The lowest BCUT2D eigenvalue weighted by molar-refractivity contribution is -0.385. The summed E-state index contributed by atoms with van der Waals surface area (Å²) in [4.78, 5) is 10.3. The smallest absolute Gasteiger partial charge is 0.258 e. The number of halogens is 2. The Hall–Kier alpha value is -1.47. The molecule has 0 aliphatic carbocycles. The van der Waals surface area contributed by atoms with Crippen LogP contribution in [0, 0.1) is 10.1 Å². The summed E-state index contributed by atoms with van der Waals surface area (Å²) in [5.41, 5.74) is 1.57. The zero-order valence-electron chi connectivity index (χ0n) is 9.79. The van der Waals surface area contributed by atoms with E-state index in [-0.39, 0.29) is 5.69 Å². The van der Waals surface area contributed by atoms with Crippen LogP contribution in [0.3, 0.4) is 0 Å². The number of hydrogen-bond donors (Lipinski definition) is 0. The van der Waals surface area contributed by atoms with Gasteiger partial charge in [-0.1, -0.05) is 5.21 Å². The van der Waals surface area contributed by atoms with Crippen molar-refractivity contribution in [2.45, 2.75) is 12.8 Å². The summed E-state index contributed by atoms with van der Waals surface area (Å²) in [6, 6.07) is 4.70. The molecule has 1 aromatic carbocycles. The minimum absolute atomic E-state index is 0.0197. The minimum atomic E-state index is -0.443. The van der Waals surface area contributed by atoms with E-state index in [2.05, 4.69) is 26.2 Å². The predicted octanol–water partition coefficient (Wildman–Crippen LogP) is 3.11. The highest BCUT2D eigenvalue weighted by molar-refractivity contribution is 9.10. The molecule has 0 atom stereocenters. The van der Waals surface area contributed by atoms with Gasteiger partial charge in [0.2, 0.25) is 0 Å². The molecular weight excluding hydrogens is 336 g/mol. The maximum Gasteiger partial charge on any atom is 0.283 e. The maximum atomic E-state index is 10.7. The summed E-state index contributed by atoms with van der Waals surface area (Å²) in [5, 5.41) is 18.7. The number of aryl methyl sites for hydroxylation is 1. The average molecular weight is 346 g/mol. The summed E-state index contributed by atoms with van der Waals surface area (Å²) in [6.07, 6.45) is 3.39. The van der Waals surface area contributed by atoms with E-state index in [0.29, 0.717) is 16.0 Å². The molecule has 0 aliphatic heterocycles. The van der Waals surface area contributed by atoms with Gasteiger partial charge in [-0.15, -0.1) is 16.7 Å². The molecule has 0 radical (unpaired) electrons. The first-order valence-electron chi connectivity index (χ1n) is 5.53. The molecule has 0 amide bonds. The van der Waals surface area contributed by atoms with Gasteiger partial charge in [0.15, 0.2) is 0 Å². The molecule has 1 heterocycles. The molecule has 2 aromatic rings. The Labute approximate surface area is 122 Å². The van der Waals surface area contributed by atoms with Gasteiger partial charge in [0.1, 0.15) is 0 Å². The number of nitrogens with zero attached hydrogens (tertiary/aromatic N) is 4. The normalized spacial score (nSPS) is 10.6.